The Morgan fingerprint density at radius 3 is 2.75 bits per heavy atom. The van der Waals surface area contributed by atoms with Gasteiger partial charge in [0.05, 0.1) is 0 Å². The second-order valence-corrected chi connectivity index (χ2v) is 5.54. The Kier molecular flexibility index (Phi) is 3.10. The topological polar surface area (TPSA) is 20.3 Å². The molecule has 0 fully saturated rings. The first-order chi connectivity index (χ1) is 7.50. The van der Waals surface area contributed by atoms with Crippen molar-refractivity contribution in [1.82, 2.24) is 4.90 Å². The lowest BCUT2D eigenvalue weighted by Gasteiger charge is -2.29. The Morgan fingerprint density at radius 2 is 2.12 bits per heavy atom. The second-order valence-electron chi connectivity index (χ2n) is 3.94. The van der Waals surface area contributed by atoms with Crippen molar-refractivity contribution >= 4 is 29.1 Å². The smallest absolute Gasteiger partial charge is 0.186 e. The first-order valence-corrected chi connectivity index (χ1v) is 6.07. The highest BCUT2D eigenvalue weighted by molar-refractivity contribution is 8.03. The molecule has 0 radical (unpaired) electrons. The molecule has 1 aliphatic heterocycles. The number of benzene rings is 1. The molecule has 0 N–H and O–H groups in total. The van der Waals surface area contributed by atoms with Gasteiger partial charge in [-0.05, 0) is 32.3 Å². The maximum Gasteiger partial charge on any atom is 0.186 e. The van der Waals surface area contributed by atoms with Crippen molar-refractivity contribution in [3.05, 3.63) is 40.3 Å². The van der Waals surface area contributed by atoms with Gasteiger partial charge in [-0.2, -0.15) is 0 Å². The Hall–Kier alpha value is -0.770. The first kappa shape index (κ1) is 11.7. The van der Waals surface area contributed by atoms with E-state index in [9.17, 15) is 4.79 Å². The van der Waals surface area contributed by atoms with Gasteiger partial charge in [0.15, 0.2) is 5.78 Å². The SMILES string of the molecule is C=C1Sc2ccc(Cl)cc2C(=O)C1N(C)C. The first-order valence-electron chi connectivity index (χ1n) is 4.87. The molecular formula is C12H12ClNOS. The van der Waals surface area contributed by atoms with Gasteiger partial charge >= 0.3 is 0 Å². The third-order valence-corrected chi connectivity index (χ3v) is 3.81. The van der Waals surface area contributed by atoms with Crippen molar-refractivity contribution in [3.8, 4) is 0 Å². The summed E-state index contributed by atoms with van der Waals surface area (Å²) in [6, 6.07) is 5.15. The number of nitrogens with zero attached hydrogens (tertiary/aromatic N) is 1. The van der Waals surface area contributed by atoms with Crippen LogP contribution in [-0.2, 0) is 0 Å². The van der Waals surface area contributed by atoms with Crippen LogP contribution in [0.4, 0.5) is 0 Å². The molecule has 16 heavy (non-hydrogen) atoms. The summed E-state index contributed by atoms with van der Waals surface area (Å²) in [6.45, 7) is 3.96. The Labute approximate surface area is 104 Å². The van der Waals surface area contributed by atoms with Gasteiger partial charge in [0.2, 0.25) is 0 Å². The van der Waals surface area contributed by atoms with Gasteiger partial charge in [-0.3, -0.25) is 9.69 Å². The molecule has 2 nitrogen and oxygen atoms in total. The van der Waals surface area contributed by atoms with E-state index in [-0.39, 0.29) is 11.8 Å². The standard InChI is InChI=1S/C12H12ClNOS/c1-7-11(14(2)3)12(15)9-6-8(13)4-5-10(9)16-7/h4-6,11H,1H2,2-3H3. The fourth-order valence-electron chi connectivity index (χ4n) is 1.80. The summed E-state index contributed by atoms with van der Waals surface area (Å²) in [5.41, 5.74) is 0.698. The molecule has 1 heterocycles. The van der Waals surface area contributed by atoms with E-state index in [1.807, 2.05) is 25.1 Å². The molecule has 0 bridgehead atoms. The number of carbonyl (C=O) groups is 1. The van der Waals surface area contributed by atoms with Crippen LogP contribution >= 0.6 is 23.4 Å². The maximum absolute atomic E-state index is 12.2. The number of Topliss-reactive ketones (excluding diaryl/α,β-unsaturated/α-hetero) is 1. The number of halogens is 1. The summed E-state index contributed by atoms with van der Waals surface area (Å²) in [5, 5.41) is 0.595. The molecule has 4 heteroatoms. The molecule has 0 aromatic heterocycles. The van der Waals surface area contributed by atoms with Crippen molar-refractivity contribution in [3.63, 3.8) is 0 Å². The van der Waals surface area contributed by atoms with E-state index in [2.05, 4.69) is 6.58 Å². The maximum atomic E-state index is 12.2. The van der Waals surface area contributed by atoms with Gasteiger partial charge in [-0.1, -0.05) is 29.9 Å². The average Bonchev–Trinajstić information content (AvgIpc) is 2.19. The molecule has 0 saturated carbocycles. The number of hydrogen-bond acceptors (Lipinski definition) is 3. The number of hydrogen-bond donors (Lipinski definition) is 0. The highest BCUT2D eigenvalue weighted by Gasteiger charge is 2.32. The van der Waals surface area contributed by atoms with Crippen LogP contribution in [0, 0.1) is 0 Å². The molecule has 2 rings (SSSR count). The van der Waals surface area contributed by atoms with Gasteiger partial charge in [0.25, 0.3) is 0 Å². The minimum Gasteiger partial charge on any atom is -0.295 e. The number of ketones is 1. The molecule has 0 aliphatic carbocycles. The third kappa shape index (κ3) is 1.90. The molecule has 1 unspecified atom stereocenters. The summed E-state index contributed by atoms with van der Waals surface area (Å²) in [6.07, 6.45) is 0. The van der Waals surface area contributed by atoms with Crippen LogP contribution in [0.15, 0.2) is 34.6 Å². The summed E-state index contributed by atoms with van der Waals surface area (Å²) in [4.78, 5) is 15.9. The van der Waals surface area contributed by atoms with Crippen LogP contribution in [0.2, 0.25) is 5.02 Å². The molecule has 0 saturated heterocycles. The Morgan fingerprint density at radius 1 is 1.44 bits per heavy atom. The van der Waals surface area contributed by atoms with Gasteiger partial charge < -0.3 is 0 Å². The van der Waals surface area contributed by atoms with Crippen molar-refractivity contribution in [2.24, 2.45) is 0 Å². The highest BCUT2D eigenvalue weighted by Crippen LogP contribution is 2.39. The van der Waals surface area contributed by atoms with Crippen molar-refractivity contribution in [1.29, 1.82) is 0 Å². The summed E-state index contributed by atoms with van der Waals surface area (Å²) >= 11 is 7.45. The van der Waals surface area contributed by atoms with Crippen LogP contribution in [0.3, 0.4) is 0 Å². The minimum absolute atomic E-state index is 0.0752. The monoisotopic (exact) mass is 253 g/mol. The van der Waals surface area contributed by atoms with E-state index in [0.29, 0.717) is 10.6 Å². The van der Waals surface area contributed by atoms with Crippen molar-refractivity contribution < 1.29 is 4.79 Å². The van der Waals surface area contributed by atoms with E-state index >= 15 is 0 Å². The predicted molar refractivity (Wildman–Crippen MR) is 68.3 cm³/mol. The summed E-state index contributed by atoms with van der Waals surface area (Å²) in [7, 11) is 3.76. The molecule has 1 atom stereocenters. The van der Waals surface area contributed by atoms with Crippen LogP contribution in [0.1, 0.15) is 10.4 Å². The lowest BCUT2D eigenvalue weighted by molar-refractivity contribution is 0.0904. The number of rotatable bonds is 1. The zero-order valence-corrected chi connectivity index (χ0v) is 10.7. The van der Waals surface area contributed by atoms with Gasteiger partial charge in [-0.25, -0.2) is 0 Å². The molecule has 84 valence electrons. The fourth-order valence-corrected chi connectivity index (χ4v) is 3.09. The number of thioether (sulfide) groups is 1. The minimum atomic E-state index is -0.254. The number of carbonyl (C=O) groups excluding carboxylic acids is 1. The Bertz CT molecular complexity index is 470. The Balaban J connectivity index is 2.50. The quantitative estimate of drug-likeness (QED) is 0.767. The predicted octanol–water partition coefficient (Wildman–Crippen LogP) is 3.07. The van der Waals surface area contributed by atoms with Gasteiger partial charge in [0, 0.05) is 20.4 Å². The van der Waals surface area contributed by atoms with Crippen molar-refractivity contribution in [2.45, 2.75) is 10.9 Å². The largest absolute Gasteiger partial charge is 0.295 e. The molecular weight excluding hydrogens is 242 g/mol. The summed E-state index contributed by atoms with van der Waals surface area (Å²) < 4.78 is 0. The number of fused-ring (bicyclic) bond motifs is 1. The zero-order chi connectivity index (χ0) is 11.9. The van der Waals surface area contributed by atoms with Gasteiger partial charge in [0.1, 0.15) is 6.04 Å². The molecule has 1 aromatic carbocycles. The molecule has 1 aliphatic rings. The van der Waals surface area contributed by atoms with Crippen LogP contribution in [0.25, 0.3) is 0 Å². The molecule has 0 amide bonds. The van der Waals surface area contributed by atoms with Crippen LogP contribution in [-0.4, -0.2) is 30.8 Å². The second kappa shape index (κ2) is 4.24. The average molecular weight is 254 g/mol. The fraction of sp³-hybridized carbons (Fsp3) is 0.250. The van der Waals surface area contributed by atoms with Crippen LogP contribution < -0.4 is 0 Å². The summed E-state index contributed by atoms with van der Waals surface area (Å²) in [5.74, 6) is 0.0752. The van der Waals surface area contributed by atoms with E-state index < -0.39 is 0 Å². The zero-order valence-electron chi connectivity index (χ0n) is 9.16. The third-order valence-electron chi connectivity index (χ3n) is 2.52. The van der Waals surface area contributed by atoms with Crippen LogP contribution in [0.5, 0.6) is 0 Å². The van der Waals surface area contributed by atoms with E-state index in [0.717, 1.165) is 9.80 Å². The lowest BCUT2D eigenvalue weighted by atomic mass is 10.0. The highest BCUT2D eigenvalue weighted by atomic mass is 35.5. The van der Waals surface area contributed by atoms with E-state index in [1.54, 1.807) is 23.9 Å². The normalized spacial score (nSPS) is 20.1. The molecule has 0 spiro atoms. The van der Waals surface area contributed by atoms with E-state index in [1.165, 1.54) is 0 Å². The molecule has 1 aromatic rings. The lowest BCUT2D eigenvalue weighted by Crippen LogP contribution is -2.38. The number of likely N-dealkylation sites (N-methyl/N-ethyl adjacent to an activating group) is 1. The van der Waals surface area contributed by atoms with Gasteiger partial charge in [-0.15, -0.1) is 0 Å². The van der Waals surface area contributed by atoms with Crippen molar-refractivity contribution in [2.75, 3.05) is 14.1 Å². The van der Waals surface area contributed by atoms with E-state index in [4.69, 9.17) is 11.6 Å².